The maximum absolute atomic E-state index is 10.7. The number of carbonyl (C=O) groups is 1. The molecule has 1 rings (SSSR count). The summed E-state index contributed by atoms with van der Waals surface area (Å²) in [5.41, 5.74) is 11.5. The second kappa shape index (κ2) is 6.81. The Hall–Kier alpha value is -0.810. The lowest BCUT2D eigenvalue weighted by atomic mass is 10.2. The summed E-state index contributed by atoms with van der Waals surface area (Å²) in [5, 5.41) is 4.34. The molecule has 1 amide bonds. The molecule has 0 radical (unpaired) electrons. The largest absolute Gasteiger partial charge is 0.368 e. The molecule has 1 atom stereocenters. The minimum Gasteiger partial charge on any atom is -0.368 e. The van der Waals surface area contributed by atoms with Crippen LogP contribution in [0, 0.1) is 0 Å². The summed E-state index contributed by atoms with van der Waals surface area (Å²) in [5.74, 6) is -0.488. The van der Waals surface area contributed by atoms with Crippen LogP contribution in [0.25, 0.3) is 0 Å². The fourth-order valence-corrected chi connectivity index (χ4v) is 1.92. The fraction of sp³-hybridized carbons (Fsp3) is 0.364. The van der Waals surface area contributed by atoms with Crippen LogP contribution < -0.4 is 16.8 Å². The molecule has 6 heteroatoms. The van der Waals surface area contributed by atoms with Gasteiger partial charge in [0.25, 0.3) is 0 Å². The number of primary amides is 1. The Morgan fingerprint density at radius 3 is 2.41 bits per heavy atom. The first-order chi connectivity index (χ1) is 7.99. The van der Waals surface area contributed by atoms with Crippen molar-refractivity contribution in [3.63, 3.8) is 0 Å². The van der Waals surface area contributed by atoms with E-state index in [-0.39, 0.29) is 0 Å². The first kappa shape index (κ1) is 14.3. The summed E-state index contributed by atoms with van der Waals surface area (Å²) < 4.78 is 0. The number of benzene rings is 1. The zero-order valence-electron chi connectivity index (χ0n) is 9.25. The van der Waals surface area contributed by atoms with Gasteiger partial charge in [0.2, 0.25) is 5.91 Å². The van der Waals surface area contributed by atoms with Gasteiger partial charge in [-0.25, -0.2) is 0 Å². The van der Waals surface area contributed by atoms with Gasteiger partial charge in [0.05, 0.1) is 6.04 Å². The van der Waals surface area contributed by atoms with Crippen LogP contribution in [0.2, 0.25) is 10.0 Å². The van der Waals surface area contributed by atoms with E-state index in [4.69, 9.17) is 34.7 Å². The monoisotopic (exact) mass is 275 g/mol. The quantitative estimate of drug-likeness (QED) is 0.685. The zero-order chi connectivity index (χ0) is 12.8. The van der Waals surface area contributed by atoms with E-state index in [1.54, 1.807) is 6.07 Å². The van der Waals surface area contributed by atoms with E-state index in [1.807, 2.05) is 12.1 Å². The van der Waals surface area contributed by atoms with Gasteiger partial charge in [0, 0.05) is 16.6 Å². The molecular weight excluding hydrogens is 261 g/mol. The maximum atomic E-state index is 10.7. The van der Waals surface area contributed by atoms with Crippen LogP contribution in [0.3, 0.4) is 0 Å². The average Bonchev–Trinajstić information content (AvgIpc) is 2.22. The van der Waals surface area contributed by atoms with Crippen molar-refractivity contribution in [1.82, 2.24) is 5.32 Å². The van der Waals surface area contributed by atoms with Gasteiger partial charge in [0.15, 0.2) is 0 Å². The summed E-state index contributed by atoms with van der Waals surface area (Å²) in [7, 11) is 0. The van der Waals surface area contributed by atoms with Crippen molar-refractivity contribution in [1.29, 1.82) is 0 Å². The number of nitrogens with one attached hydrogen (secondary N) is 1. The highest BCUT2D eigenvalue weighted by Gasteiger charge is 2.07. The first-order valence-electron chi connectivity index (χ1n) is 5.19. The number of nitrogens with two attached hydrogens (primary N) is 2. The second-order valence-electron chi connectivity index (χ2n) is 3.75. The van der Waals surface area contributed by atoms with Crippen molar-refractivity contribution < 1.29 is 4.79 Å². The lowest BCUT2D eigenvalue weighted by molar-refractivity contribution is -0.119. The summed E-state index contributed by atoms with van der Waals surface area (Å²) in [6, 6.07) is 4.73. The minimum absolute atomic E-state index is 0.488. The molecule has 0 bridgehead atoms. The highest BCUT2D eigenvalue weighted by molar-refractivity contribution is 6.34. The lowest BCUT2D eigenvalue weighted by Crippen LogP contribution is -2.38. The molecule has 0 spiro atoms. The number of hydrogen-bond donors (Lipinski definition) is 3. The molecule has 0 aliphatic carbocycles. The molecule has 0 aromatic heterocycles. The van der Waals surface area contributed by atoms with Gasteiger partial charge in [0.1, 0.15) is 0 Å². The van der Waals surface area contributed by atoms with E-state index in [0.29, 0.717) is 29.6 Å². The first-order valence-corrected chi connectivity index (χ1v) is 5.95. The highest BCUT2D eigenvalue weighted by Crippen LogP contribution is 2.18. The molecule has 0 saturated heterocycles. The van der Waals surface area contributed by atoms with Crippen LogP contribution in [-0.2, 0) is 11.3 Å². The molecule has 4 nitrogen and oxygen atoms in total. The smallest absolute Gasteiger partial charge is 0.234 e. The van der Waals surface area contributed by atoms with Crippen LogP contribution in [0.4, 0.5) is 0 Å². The third-order valence-electron chi connectivity index (χ3n) is 2.25. The minimum atomic E-state index is -0.606. The zero-order valence-corrected chi connectivity index (χ0v) is 10.8. The van der Waals surface area contributed by atoms with Crippen LogP contribution in [-0.4, -0.2) is 18.5 Å². The normalized spacial score (nSPS) is 12.4. The SMILES string of the molecule is NC(=O)C(N)CCNCc1cc(Cl)cc(Cl)c1. The molecule has 0 saturated carbocycles. The highest BCUT2D eigenvalue weighted by atomic mass is 35.5. The Morgan fingerprint density at radius 2 is 1.88 bits per heavy atom. The van der Waals surface area contributed by atoms with Crippen LogP contribution in [0.5, 0.6) is 0 Å². The van der Waals surface area contributed by atoms with Crippen LogP contribution >= 0.6 is 23.2 Å². The molecule has 0 heterocycles. The van der Waals surface area contributed by atoms with Crippen LogP contribution in [0.15, 0.2) is 18.2 Å². The van der Waals surface area contributed by atoms with Crippen molar-refractivity contribution in [3.05, 3.63) is 33.8 Å². The van der Waals surface area contributed by atoms with E-state index in [2.05, 4.69) is 5.32 Å². The van der Waals surface area contributed by atoms with E-state index >= 15 is 0 Å². The summed E-state index contributed by atoms with van der Waals surface area (Å²) in [4.78, 5) is 10.7. The summed E-state index contributed by atoms with van der Waals surface area (Å²) in [6.45, 7) is 1.22. The fourth-order valence-electron chi connectivity index (χ4n) is 1.35. The van der Waals surface area contributed by atoms with Gasteiger partial charge >= 0.3 is 0 Å². The molecule has 0 aliphatic heterocycles. The molecule has 94 valence electrons. The predicted octanol–water partition coefficient (Wildman–Crippen LogP) is 1.29. The number of hydrogen-bond acceptors (Lipinski definition) is 3. The molecule has 17 heavy (non-hydrogen) atoms. The predicted molar refractivity (Wildman–Crippen MR) is 70.0 cm³/mol. The Labute approximate surface area is 110 Å². The molecule has 1 aromatic rings. The maximum Gasteiger partial charge on any atom is 0.234 e. The van der Waals surface area contributed by atoms with Crippen molar-refractivity contribution >= 4 is 29.1 Å². The molecule has 1 unspecified atom stereocenters. The Kier molecular flexibility index (Phi) is 5.71. The van der Waals surface area contributed by atoms with Gasteiger partial charge in [-0.15, -0.1) is 0 Å². The van der Waals surface area contributed by atoms with Gasteiger partial charge in [-0.3, -0.25) is 4.79 Å². The molecular formula is C11H15Cl2N3O. The van der Waals surface area contributed by atoms with Gasteiger partial charge < -0.3 is 16.8 Å². The van der Waals surface area contributed by atoms with Gasteiger partial charge in [-0.1, -0.05) is 23.2 Å². The molecule has 5 N–H and O–H groups in total. The Morgan fingerprint density at radius 1 is 1.29 bits per heavy atom. The Bertz CT molecular complexity index is 378. The summed E-state index contributed by atoms with van der Waals surface area (Å²) in [6.07, 6.45) is 0.504. The average molecular weight is 276 g/mol. The number of rotatable bonds is 6. The van der Waals surface area contributed by atoms with Crippen molar-refractivity contribution in [2.75, 3.05) is 6.54 Å². The second-order valence-corrected chi connectivity index (χ2v) is 4.62. The van der Waals surface area contributed by atoms with E-state index in [9.17, 15) is 4.79 Å². The van der Waals surface area contributed by atoms with E-state index in [0.717, 1.165) is 5.56 Å². The molecule has 0 fully saturated rings. The number of halogens is 2. The standard InChI is InChI=1S/C11H15Cl2N3O/c12-8-3-7(4-9(13)5-8)6-16-2-1-10(14)11(15)17/h3-5,10,16H,1-2,6,14H2,(H2,15,17). The van der Waals surface area contributed by atoms with Crippen molar-refractivity contribution in [3.8, 4) is 0 Å². The number of carbonyl (C=O) groups excluding carboxylic acids is 1. The number of amides is 1. The Balaban J connectivity index is 2.33. The summed E-state index contributed by atoms with van der Waals surface area (Å²) >= 11 is 11.7. The van der Waals surface area contributed by atoms with Crippen LogP contribution in [0.1, 0.15) is 12.0 Å². The van der Waals surface area contributed by atoms with Gasteiger partial charge in [-0.05, 0) is 36.7 Å². The van der Waals surface area contributed by atoms with Gasteiger partial charge in [-0.2, -0.15) is 0 Å². The van der Waals surface area contributed by atoms with E-state index < -0.39 is 11.9 Å². The lowest BCUT2D eigenvalue weighted by Gasteiger charge is -2.09. The molecule has 0 aliphatic rings. The van der Waals surface area contributed by atoms with Crippen molar-refractivity contribution in [2.24, 2.45) is 11.5 Å². The van der Waals surface area contributed by atoms with Crippen molar-refractivity contribution in [2.45, 2.75) is 19.0 Å². The third-order valence-corrected chi connectivity index (χ3v) is 2.69. The molecule has 1 aromatic carbocycles. The third kappa shape index (κ3) is 5.37. The topological polar surface area (TPSA) is 81.1 Å². The van der Waals surface area contributed by atoms with E-state index in [1.165, 1.54) is 0 Å².